The Morgan fingerprint density at radius 3 is 2.35 bits per heavy atom. The van der Waals surface area contributed by atoms with E-state index in [2.05, 4.69) is 41.5 Å². The fourth-order valence-corrected chi connectivity index (χ4v) is 1.59. The zero-order chi connectivity index (χ0) is 15.4. The molecule has 20 heavy (non-hydrogen) atoms. The number of alkyl halides is 1. The van der Waals surface area contributed by atoms with Crippen LogP contribution in [0.1, 0.15) is 31.4 Å². The van der Waals surface area contributed by atoms with Crippen molar-refractivity contribution in [1.82, 2.24) is 5.32 Å². The van der Waals surface area contributed by atoms with Crippen LogP contribution in [0, 0.1) is 6.92 Å². The van der Waals surface area contributed by atoms with E-state index >= 15 is 0 Å². The van der Waals surface area contributed by atoms with Crippen molar-refractivity contribution in [2.45, 2.75) is 39.8 Å². The highest BCUT2D eigenvalue weighted by Crippen LogP contribution is 2.03. The van der Waals surface area contributed by atoms with E-state index in [-0.39, 0.29) is 5.96 Å². The van der Waals surface area contributed by atoms with Crippen LogP contribution in [0.2, 0.25) is 0 Å². The number of benzene rings is 1. The van der Waals surface area contributed by atoms with E-state index in [0.29, 0.717) is 13.0 Å². The van der Waals surface area contributed by atoms with Crippen molar-refractivity contribution in [3.8, 4) is 0 Å². The van der Waals surface area contributed by atoms with Gasteiger partial charge < -0.3 is 16.8 Å². The van der Waals surface area contributed by atoms with Crippen LogP contribution in [0.5, 0.6) is 0 Å². The first-order chi connectivity index (χ1) is 9.61. The van der Waals surface area contributed by atoms with Gasteiger partial charge in [0, 0.05) is 6.54 Å². The highest BCUT2D eigenvalue weighted by atomic mass is 19.1. The van der Waals surface area contributed by atoms with Gasteiger partial charge in [0.15, 0.2) is 5.96 Å². The molecule has 0 aliphatic carbocycles. The van der Waals surface area contributed by atoms with Crippen LogP contribution in [0.3, 0.4) is 0 Å². The van der Waals surface area contributed by atoms with Gasteiger partial charge in [0.2, 0.25) is 0 Å². The molecule has 0 saturated heterocycles. The van der Waals surface area contributed by atoms with Crippen LogP contribution < -0.4 is 16.8 Å². The standard InChI is InChI=1S/C13H21FN4.C2H6/c1-10-2-4-11(5-3-10)9-17-7-6-12(8-14)18-13(15)16;1-2/h2-5,12,17H,6-9H2,1H3,(H4,15,16,18);1-2H3. The lowest BCUT2D eigenvalue weighted by molar-refractivity contribution is 0.408. The summed E-state index contributed by atoms with van der Waals surface area (Å²) in [6.45, 7) is 6.96. The van der Waals surface area contributed by atoms with Gasteiger partial charge in [-0.3, -0.25) is 0 Å². The smallest absolute Gasteiger partial charge is 0.186 e. The second-order valence-electron chi connectivity index (χ2n) is 4.31. The number of aryl methyl sites for hydroxylation is 1. The van der Waals surface area contributed by atoms with E-state index in [1.54, 1.807) is 0 Å². The molecule has 0 heterocycles. The summed E-state index contributed by atoms with van der Waals surface area (Å²) < 4.78 is 12.6. The third-order valence-corrected chi connectivity index (χ3v) is 2.61. The average molecular weight is 282 g/mol. The maximum atomic E-state index is 12.6. The quantitative estimate of drug-likeness (QED) is 0.407. The van der Waals surface area contributed by atoms with Gasteiger partial charge >= 0.3 is 0 Å². The Hall–Kier alpha value is -1.62. The molecule has 4 nitrogen and oxygen atoms in total. The van der Waals surface area contributed by atoms with Crippen molar-refractivity contribution in [3.05, 3.63) is 35.4 Å². The van der Waals surface area contributed by atoms with E-state index in [1.807, 2.05) is 13.8 Å². The molecular weight excluding hydrogens is 255 g/mol. The van der Waals surface area contributed by atoms with Crippen LogP contribution in [0.4, 0.5) is 4.39 Å². The Balaban J connectivity index is 0.00000172. The lowest BCUT2D eigenvalue weighted by atomic mass is 10.1. The van der Waals surface area contributed by atoms with Crippen LogP contribution in [-0.2, 0) is 6.54 Å². The third kappa shape index (κ3) is 8.48. The summed E-state index contributed by atoms with van der Waals surface area (Å²) in [7, 11) is 0. The lowest BCUT2D eigenvalue weighted by Crippen LogP contribution is -2.28. The molecule has 1 rings (SSSR count). The summed E-state index contributed by atoms with van der Waals surface area (Å²) in [5.74, 6) is -0.0591. The van der Waals surface area contributed by atoms with E-state index in [9.17, 15) is 4.39 Å². The third-order valence-electron chi connectivity index (χ3n) is 2.61. The predicted molar refractivity (Wildman–Crippen MR) is 84.4 cm³/mol. The zero-order valence-corrected chi connectivity index (χ0v) is 12.7. The summed E-state index contributed by atoms with van der Waals surface area (Å²) in [4.78, 5) is 3.81. The molecular formula is C15H27FN4. The zero-order valence-electron chi connectivity index (χ0n) is 12.7. The van der Waals surface area contributed by atoms with Gasteiger partial charge in [0.25, 0.3) is 0 Å². The molecule has 114 valence electrons. The monoisotopic (exact) mass is 282 g/mol. The minimum absolute atomic E-state index is 0.0591. The van der Waals surface area contributed by atoms with Gasteiger partial charge in [0.05, 0.1) is 6.04 Å². The minimum Gasteiger partial charge on any atom is -0.370 e. The van der Waals surface area contributed by atoms with Gasteiger partial charge in [-0.05, 0) is 25.5 Å². The fraction of sp³-hybridized carbons (Fsp3) is 0.533. The number of rotatable bonds is 7. The van der Waals surface area contributed by atoms with Crippen molar-refractivity contribution >= 4 is 5.96 Å². The molecule has 1 aromatic carbocycles. The number of nitrogens with one attached hydrogen (secondary N) is 1. The number of guanidine groups is 1. The molecule has 5 heteroatoms. The van der Waals surface area contributed by atoms with Crippen molar-refractivity contribution in [2.75, 3.05) is 13.2 Å². The molecule has 0 fully saturated rings. The molecule has 1 unspecified atom stereocenters. The van der Waals surface area contributed by atoms with Gasteiger partial charge in [-0.15, -0.1) is 0 Å². The first kappa shape index (κ1) is 18.4. The molecule has 0 spiro atoms. The van der Waals surface area contributed by atoms with Gasteiger partial charge in [-0.2, -0.15) is 0 Å². The Morgan fingerprint density at radius 2 is 1.85 bits per heavy atom. The highest BCUT2D eigenvalue weighted by molar-refractivity contribution is 5.75. The molecule has 5 N–H and O–H groups in total. The number of aliphatic imine (C=N–C) groups is 1. The summed E-state index contributed by atoms with van der Waals surface area (Å²) in [5, 5.41) is 3.24. The van der Waals surface area contributed by atoms with E-state index < -0.39 is 12.7 Å². The number of nitrogens with zero attached hydrogens (tertiary/aromatic N) is 1. The van der Waals surface area contributed by atoms with Gasteiger partial charge in [-0.25, -0.2) is 9.38 Å². The second-order valence-corrected chi connectivity index (χ2v) is 4.31. The molecule has 0 aromatic heterocycles. The first-order valence-corrected chi connectivity index (χ1v) is 7.02. The summed E-state index contributed by atoms with van der Waals surface area (Å²) >= 11 is 0. The average Bonchev–Trinajstić information content (AvgIpc) is 2.46. The molecule has 0 bridgehead atoms. The Bertz CT molecular complexity index is 372. The molecule has 1 atom stereocenters. The SMILES string of the molecule is CC.Cc1ccc(CNCCC(CF)N=C(N)N)cc1. The minimum atomic E-state index is -0.538. The largest absolute Gasteiger partial charge is 0.370 e. The number of hydrogen-bond acceptors (Lipinski definition) is 2. The van der Waals surface area contributed by atoms with Gasteiger partial charge in [-0.1, -0.05) is 43.7 Å². The van der Waals surface area contributed by atoms with Gasteiger partial charge in [0.1, 0.15) is 6.67 Å². The molecule has 0 amide bonds. The summed E-state index contributed by atoms with van der Waals surface area (Å²) in [6, 6.07) is 7.85. The van der Waals surface area contributed by atoms with Crippen LogP contribution in [0.25, 0.3) is 0 Å². The van der Waals surface area contributed by atoms with Crippen LogP contribution in [-0.4, -0.2) is 25.2 Å². The Kier molecular flexibility index (Phi) is 10.3. The number of hydrogen-bond donors (Lipinski definition) is 3. The number of nitrogens with two attached hydrogens (primary N) is 2. The predicted octanol–water partition coefficient (Wildman–Crippen LogP) is 2.11. The topological polar surface area (TPSA) is 76.4 Å². The maximum Gasteiger partial charge on any atom is 0.186 e. The van der Waals surface area contributed by atoms with Crippen LogP contribution in [0.15, 0.2) is 29.3 Å². The molecule has 0 aliphatic heterocycles. The molecule has 0 aliphatic rings. The Labute approximate surface area is 121 Å². The highest BCUT2D eigenvalue weighted by Gasteiger charge is 2.05. The van der Waals surface area contributed by atoms with E-state index in [1.165, 1.54) is 11.1 Å². The van der Waals surface area contributed by atoms with Crippen molar-refractivity contribution < 1.29 is 4.39 Å². The molecule has 1 aromatic rings. The second kappa shape index (κ2) is 11.2. The summed E-state index contributed by atoms with van der Waals surface area (Å²) in [5.41, 5.74) is 12.9. The maximum absolute atomic E-state index is 12.6. The molecule has 0 radical (unpaired) electrons. The van der Waals surface area contributed by atoms with E-state index in [4.69, 9.17) is 11.5 Å². The van der Waals surface area contributed by atoms with Crippen LogP contribution >= 0.6 is 0 Å². The normalized spacial score (nSPS) is 11.2. The van der Waals surface area contributed by atoms with Crippen molar-refractivity contribution in [3.63, 3.8) is 0 Å². The van der Waals surface area contributed by atoms with Crippen molar-refractivity contribution in [2.24, 2.45) is 16.5 Å². The Morgan fingerprint density at radius 1 is 1.25 bits per heavy atom. The first-order valence-electron chi connectivity index (χ1n) is 7.02. The fourth-order valence-electron chi connectivity index (χ4n) is 1.59. The lowest BCUT2D eigenvalue weighted by Gasteiger charge is -2.09. The van der Waals surface area contributed by atoms with Crippen molar-refractivity contribution in [1.29, 1.82) is 0 Å². The van der Waals surface area contributed by atoms with E-state index in [0.717, 1.165) is 6.54 Å². The number of halogens is 1. The summed E-state index contributed by atoms with van der Waals surface area (Å²) in [6.07, 6.45) is 0.584. The molecule has 0 saturated carbocycles.